The summed E-state index contributed by atoms with van der Waals surface area (Å²) in [6.45, 7) is 58.1. The van der Waals surface area contributed by atoms with E-state index in [1.165, 1.54) is 5.56 Å². The summed E-state index contributed by atoms with van der Waals surface area (Å²) < 4.78 is 3.68. The first kappa shape index (κ1) is 42.7. The van der Waals surface area contributed by atoms with Gasteiger partial charge >= 0.3 is 308 Å². The summed E-state index contributed by atoms with van der Waals surface area (Å²) in [4.78, 5) is 0. The van der Waals surface area contributed by atoms with Gasteiger partial charge in [0.25, 0.3) is 0 Å². The summed E-state index contributed by atoms with van der Waals surface area (Å²) >= 11 is -1.13. The molecule has 0 aliphatic rings. The zero-order chi connectivity index (χ0) is 36.2. The Morgan fingerprint density at radius 3 is 1.00 bits per heavy atom. The SMILES string of the molecule is CC(C)c1cc[c]([Sn][c]2c(C([Si](C)(C)C)[Si](C)(C)C)cc(C([Si](C)(C)C)[Si](C)(C)C)cc2C([Si](C)(C)C)[Si](C)(C)C)c(C(C)C)c1. The quantitative estimate of drug-likeness (QED) is 0.176. The van der Waals surface area contributed by atoms with E-state index in [1.54, 1.807) is 14.7 Å². The zero-order valence-electron chi connectivity index (χ0n) is 34.8. The van der Waals surface area contributed by atoms with Crippen molar-refractivity contribution < 1.29 is 0 Å². The molecule has 0 fully saturated rings. The van der Waals surface area contributed by atoms with Gasteiger partial charge in [0.1, 0.15) is 0 Å². The Labute approximate surface area is 305 Å². The van der Waals surface area contributed by atoms with Gasteiger partial charge in [-0.2, -0.15) is 0 Å². The van der Waals surface area contributed by atoms with Crippen LogP contribution in [0.3, 0.4) is 0 Å². The molecule has 260 valence electrons. The van der Waals surface area contributed by atoms with Gasteiger partial charge < -0.3 is 0 Å². The van der Waals surface area contributed by atoms with Crippen LogP contribution in [0.2, 0.25) is 118 Å². The fourth-order valence-electron chi connectivity index (χ4n) is 9.91. The van der Waals surface area contributed by atoms with Crippen LogP contribution in [-0.2, 0) is 0 Å². The zero-order valence-corrected chi connectivity index (χ0v) is 43.6. The Kier molecular flexibility index (Phi) is 13.6. The Balaban J connectivity index is 3.36. The van der Waals surface area contributed by atoms with Crippen molar-refractivity contribution in [2.24, 2.45) is 0 Å². The molecule has 2 radical (unpaired) electrons. The van der Waals surface area contributed by atoms with Crippen LogP contribution in [-0.4, -0.2) is 69.6 Å². The Morgan fingerprint density at radius 1 is 0.391 bits per heavy atom. The predicted octanol–water partition coefficient (Wildman–Crippen LogP) is 12.1. The van der Waals surface area contributed by atoms with Gasteiger partial charge in [0, 0.05) is 0 Å². The maximum atomic E-state index is 2.92. The number of hydrogen-bond donors (Lipinski definition) is 0. The van der Waals surface area contributed by atoms with Crippen LogP contribution in [0.4, 0.5) is 0 Å². The molecule has 0 nitrogen and oxygen atoms in total. The van der Waals surface area contributed by atoms with Crippen LogP contribution in [0.15, 0.2) is 30.3 Å². The van der Waals surface area contributed by atoms with E-state index in [0.29, 0.717) is 11.8 Å². The molecule has 0 atom stereocenters. The molecule has 0 aliphatic carbocycles. The van der Waals surface area contributed by atoms with Gasteiger partial charge in [0.15, 0.2) is 0 Å². The third-order valence-corrected chi connectivity index (χ3v) is 42.3. The molecule has 2 rings (SSSR count). The summed E-state index contributed by atoms with van der Waals surface area (Å²) in [5, 5.41) is 2.33. The van der Waals surface area contributed by atoms with E-state index < -0.39 is 69.6 Å². The molecular formula is C39H76Si6Sn. The van der Waals surface area contributed by atoms with Gasteiger partial charge in [-0.15, -0.1) is 0 Å². The number of benzene rings is 2. The fourth-order valence-corrected chi connectivity index (χ4v) is 54.5. The van der Waals surface area contributed by atoms with E-state index in [1.807, 2.05) is 14.7 Å². The second kappa shape index (κ2) is 14.6. The topological polar surface area (TPSA) is 0 Å². The molecule has 0 saturated heterocycles. The summed E-state index contributed by atoms with van der Waals surface area (Å²) in [6.07, 6.45) is 0. The fraction of sp³-hybridized carbons (Fsp3) is 0.692. The number of hydrogen-bond acceptors (Lipinski definition) is 0. The molecule has 2 aromatic carbocycles. The van der Waals surface area contributed by atoms with Crippen LogP contribution in [0.1, 0.15) is 82.8 Å². The third kappa shape index (κ3) is 10.5. The molecule has 0 spiro atoms. The molecule has 0 N–H and O–H groups in total. The summed E-state index contributed by atoms with van der Waals surface area (Å²) in [7, 11) is -9.09. The van der Waals surface area contributed by atoms with Crippen molar-refractivity contribution in [3.8, 4) is 0 Å². The first-order valence-electron chi connectivity index (χ1n) is 18.4. The average molecular weight is 832 g/mol. The van der Waals surface area contributed by atoms with E-state index in [9.17, 15) is 0 Å². The van der Waals surface area contributed by atoms with Crippen LogP contribution in [0, 0.1) is 0 Å². The van der Waals surface area contributed by atoms with Gasteiger partial charge in [-0.25, -0.2) is 0 Å². The van der Waals surface area contributed by atoms with Crippen molar-refractivity contribution in [1.29, 1.82) is 0 Å². The van der Waals surface area contributed by atoms with Crippen LogP contribution in [0.5, 0.6) is 0 Å². The van der Waals surface area contributed by atoms with E-state index in [4.69, 9.17) is 0 Å². The van der Waals surface area contributed by atoms with Crippen LogP contribution in [0.25, 0.3) is 0 Å². The van der Waals surface area contributed by atoms with Crippen molar-refractivity contribution in [3.05, 3.63) is 58.1 Å². The molecule has 0 aromatic heterocycles. The molecule has 2 aromatic rings. The van der Waals surface area contributed by atoms with Gasteiger partial charge in [0.2, 0.25) is 0 Å². The molecule has 0 saturated carbocycles. The first-order valence-corrected chi connectivity index (χ1v) is 42.7. The molecule has 0 amide bonds. The molecule has 0 heterocycles. The maximum absolute atomic E-state index is 2.92. The second-order valence-electron chi connectivity index (χ2n) is 21.9. The third-order valence-electron chi connectivity index (χ3n) is 10.00. The Hall–Kier alpha value is 0.540. The first-order chi connectivity index (χ1) is 20.3. The van der Waals surface area contributed by atoms with Crippen molar-refractivity contribution in [2.75, 3.05) is 0 Å². The van der Waals surface area contributed by atoms with Gasteiger partial charge in [-0.3, -0.25) is 0 Å². The molecule has 7 heteroatoms. The monoisotopic (exact) mass is 832 g/mol. The predicted molar refractivity (Wildman–Crippen MR) is 234 cm³/mol. The van der Waals surface area contributed by atoms with Crippen LogP contribution >= 0.6 is 0 Å². The van der Waals surface area contributed by atoms with E-state index in [-0.39, 0.29) is 0 Å². The molecule has 0 bridgehead atoms. The second-order valence-corrected chi connectivity index (χ2v) is 59.1. The van der Waals surface area contributed by atoms with Crippen LogP contribution < -0.4 is 7.16 Å². The summed E-state index contributed by atoms with van der Waals surface area (Å²) in [5.41, 5.74) is 8.69. The van der Waals surface area contributed by atoms with Crippen molar-refractivity contribution in [2.45, 2.75) is 173 Å². The number of rotatable bonds is 13. The normalized spacial score (nSPS) is 14.5. The molecular weight excluding hydrogens is 756 g/mol. The van der Waals surface area contributed by atoms with E-state index >= 15 is 0 Å². The van der Waals surface area contributed by atoms with Gasteiger partial charge in [-0.05, 0) is 0 Å². The van der Waals surface area contributed by atoms with E-state index in [2.05, 4.69) is 176 Å². The average Bonchev–Trinajstić information content (AvgIpc) is 2.75. The minimum atomic E-state index is -1.54. The van der Waals surface area contributed by atoms with E-state index in [0.717, 1.165) is 15.5 Å². The minimum absolute atomic E-state index is 0.568. The molecule has 0 unspecified atom stereocenters. The van der Waals surface area contributed by atoms with Crippen molar-refractivity contribution in [1.82, 2.24) is 0 Å². The molecule has 0 aliphatic heterocycles. The van der Waals surface area contributed by atoms with Gasteiger partial charge in [-0.1, -0.05) is 0 Å². The summed E-state index contributed by atoms with van der Waals surface area (Å²) in [6, 6.07) is 13.6. The Bertz CT molecular complexity index is 1240. The molecule has 46 heavy (non-hydrogen) atoms. The van der Waals surface area contributed by atoms with Gasteiger partial charge in [0.05, 0.1) is 0 Å². The summed E-state index contributed by atoms with van der Waals surface area (Å²) in [5.74, 6) is 1.15. The Morgan fingerprint density at radius 2 is 0.717 bits per heavy atom. The van der Waals surface area contributed by atoms with Crippen molar-refractivity contribution in [3.63, 3.8) is 0 Å². The standard InChI is InChI=1S/C27H59Si6.C12H17.Sn/c1-28(2,3)25(29(4,5)6)22-19-23(26(30(7,8)9)31(10,11)12)21-24(20-22)27(32(13,14)15)33(16,17)18;1-9(2)11-6-5-7-12(8-11)10(3)4;/h19-20,25-27H,1-18H3;5-6,8-10H,1-4H3;. The van der Waals surface area contributed by atoms with Crippen molar-refractivity contribution >= 4 is 76.7 Å².